The summed E-state index contributed by atoms with van der Waals surface area (Å²) in [4.78, 5) is 1.92. The maximum absolute atomic E-state index is 14.1. The number of anilines is 1. The molecule has 1 atom stereocenters. The molecule has 106 valence electrons. The summed E-state index contributed by atoms with van der Waals surface area (Å²) in [5.74, 6) is -0.227. The number of aryl methyl sites for hydroxylation is 1. The zero-order valence-electron chi connectivity index (χ0n) is 12.2. The second-order valence-electron chi connectivity index (χ2n) is 5.31. The molecule has 2 N–H and O–H groups in total. The van der Waals surface area contributed by atoms with E-state index in [4.69, 9.17) is 5.73 Å². The van der Waals surface area contributed by atoms with Crippen LogP contribution < -0.4 is 10.6 Å². The minimum atomic E-state index is -0.227. The largest absolute Gasteiger partial charge is 0.368 e. The molecule has 2 nitrogen and oxygen atoms in total. The molecule has 0 spiro atoms. The molecule has 0 heterocycles. The van der Waals surface area contributed by atoms with Gasteiger partial charge in [0.15, 0.2) is 0 Å². The van der Waals surface area contributed by atoms with Crippen molar-refractivity contribution in [2.24, 2.45) is 5.73 Å². The summed E-state index contributed by atoms with van der Waals surface area (Å²) < 4.78 is 14.1. The number of para-hydroxylation sites is 1. The fourth-order valence-electron chi connectivity index (χ4n) is 2.35. The third-order valence-corrected chi connectivity index (χ3v) is 3.43. The van der Waals surface area contributed by atoms with Gasteiger partial charge in [0.25, 0.3) is 0 Å². The van der Waals surface area contributed by atoms with Crippen molar-refractivity contribution in [1.29, 1.82) is 0 Å². The van der Waals surface area contributed by atoms with Gasteiger partial charge in [0, 0.05) is 19.6 Å². The van der Waals surface area contributed by atoms with Gasteiger partial charge in [-0.2, -0.15) is 0 Å². The van der Waals surface area contributed by atoms with Crippen LogP contribution in [-0.2, 0) is 6.54 Å². The Hall–Kier alpha value is -1.87. The van der Waals surface area contributed by atoms with Crippen molar-refractivity contribution in [3.05, 3.63) is 65.0 Å². The Morgan fingerprint density at radius 3 is 2.40 bits per heavy atom. The van der Waals surface area contributed by atoms with Crippen molar-refractivity contribution >= 4 is 5.69 Å². The van der Waals surface area contributed by atoms with Gasteiger partial charge in [0.1, 0.15) is 5.82 Å². The first-order chi connectivity index (χ1) is 9.49. The zero-order chi connectivity index (χ0) is 14.7. The Morgan fingerprint density at radius 2 is 1.80 bits per heavy atom. The summed E-state index contributed by atoms with van der Waals surface area (Å²) in [5, 5.41) is 0. The molecular formula is C17H21FN2. The van der Waals surface area contributed by atoms with Gasteiger partial charge < -0.3 is 10.6 Å². The summed E-state index contributed by atoms with van der Waals surface area (Å²) in [6.45, 7) is 4.58. The van der Waals surface area contributed by atoms with E-state index >= 15 is 0 Å². The summed E-state index contributed by atoms with van der Waals surface area (Å²) in [7, 11) is 1.89. The first kappa shape index (κ1) is 14.5. The van der Waals surface area contributed by atoms with Crippen molar-refractivity contribution in [2.45, 2.75) is 26.4 Å². The molecule has 0 aliphatic rings. The third-order valence-electron chi connectivity index (χ3n) is 3.43. The van der Waals surface area contributed by atoms with Gasteiger partial charge in [-0.3, -0.25) is 0 Å². The Labute approximate surface area is 120 Å². The molecular weight excluding hydrogens is 251 g/mol. The van der Waals surface area contributed by atoms with Crippen LogP contribution in [0.2, 0.25) is 0 Å². The summed E-state index contributed by atoms with van der Waals surface area (Å²) >= 11 is 0. The van der Waals surface area contributed by atoms with Gasteiger partial charge in [0.05, 0.1) is 5.69 Å². The molecule has 2 aromatic rings. The minimum Gasteiger partial charge on any atom is -0.368 e. The number of nitrogens with zero attached hydrogens (tertiary/aromatic N) is 1. The smallest absolute Gasteiger partial charge is 0.146 e. The topological polar surface area (TPSA) is 29.3 Å². The quantitative estimate of drug-likeness (QED) is 0.917. The van der Waals surface area contributed by atoms with Gasteiger partial charge in [-0.25, -0.2) is 4.39 Å². The molecule has 0 aliphatic heterocycles. The summed E-state index contributed by atoms with van der Waals surface area (Å²) in [6.07, 6.45) is 0. The van der Waals surface area contributed by atoms with Crippen molar-refractivity contribution in [2.75, 3.05) is 11.9 Å². The fourth-order valence-corrected chi connectivity index (χ4v) is 2.35. The van der Waals surface area contributed by atoms with E-state index in [1.165, 1.54) is 11.6 Å². The van der Waals surface area contributed by atoms with Crippen LogP contribution in [0.25, 0.3) is 0 Å². The Bertz CT molecular complexity index is 576. The monoisotopic (exact) mass is 272 g/mol. The lowest BCUT2D eigenvalue weighted by Crippen LogP contribution is -2.21. The first-order valence-electron chi connectivity index (χ1n) is 6.79. The van der Waals surface area contributed by atoms with E-state index in [9.17, 15) is 4.39 Å². The van der Waals surface area contributed by atoms with E-state index in [0.717, 1.165) is 11.1 Å². The molecule has 0 unspecified atom stereocenters. The van der Waals surface area contributed by atoms with Crippen LogP contribution in [0.4, 0.5) is 10.1 Å². The van der Waals surface area contributed by atoms with E-state index in [0.29, 0.717) is 12.2 Å². The Morgan fingerprint density at radius 1 is 1.15 bits per heavy atom. The Kier molecular flexibility index (Phi) is 4.40. The highest BCUT2D eigenvalue weighted by atomic mass is 19.1. The number of hydrogen-bond acceptors (Lipinski definition) is 2. The standard InChI is InChI=1S/C17H21FN2/c1-12-7-9-14(10-8-12)11-20(3)17-15(13(2)19)5-4-6-16(17)18/h4-10,13H,11,19H2,1-3H3/t13-/m0/s1. The predicted octanol–water partition coefficient (Wildman–Crippen LogP) is 3.79. The van der Waals surface area contributed by atoms with Crippen LogP contribution in [0.1, 0.15) is 29.7 Å². The second-order valence-corrected chi connectivity index (χ2v) is 5.31. The van der Waals surface area contributed by atoms with Gasteiger partial charge in [0.2, 0.25) is 0 Å². The molecule has 3 heteroatoms. The lowest BCUT2D eigenvalue weighted by atomic mass is 10.0. The molecule has 0 saturated heterocycles. The fraction of sp³-hybridized carbons (Fsp3) is 0.294. The average molecular weight is 272 g/mol. The van der Waals surface area contributed by atoms with E-state index < -0.39 is 0 Å². The van der Waals surface area contributed by atoms with Gasteiger partial charge in [-0.05, 0) is 31.0 Å². The van der Waals surface area contributed by atoms with E-state index in [2.05, 4.69) is 31.2 Å². The van der Waals surface area contributed by atoms with Crippen molar-refractivity contribution < 1.29 is 4.39 Å². The van der Waals surface area contributed by atoms with Gasteiger partial charge in [-0.1, -0.05) is 42.0 Å². The first-order valence-corrected chi connectivity index (χ1v) is 6.79. The molecule has 0 saturated carbocycles. The van der Waals surface area contributed by atoms with Crippen molar-refractivity contribution in [3.63, 3.8) is 0 Å². The van der Waals surface area contributed by atoms with Gasteiger partial charge in [-0.15, -0.1) is 0 Å². The van der Waals surface area contributed by atoms with Crippen LogP contribution in [0.5, 0.6) is 0 Å². The number of benzene rings is 2. The molecule has 0 aromatic heterocycles. The van der Waals surface area contributed by atoms with Crippen LogP contribution in [-0.4, -0.2) is 7.05 Å². The molecule has 2 aromatic carbocycles. The summed E-state index contributed by atoms with van der Waals surface area (Å²) in [5.41, 5.74) is 9.73. The Balaban J connectivity index is 2.29. The normalized spacial score (nSPS) is 12.2. The number of hydrogen-bond donors (Lipinski definition) is 1. The average Bonchev–Trinajstić information content (AvgIpc) is 2.40. The van der Waals surface area contributed by atoms with Crippen molar-refractivity contribution in [3.8, 4) is 0 Å². The molecule has 2 rings (SSSR count). The maximum atomic E-state index is 14.1. The zero-order valence-corrected chi connectivity index (χ0v) is 12.2. The van der Waals surface area contributed by atoms with Crippen LogP contribution >= 0.6 is 0 Å². The molecule has 0 fully saturated rings. The third kappa shape index (κ3) is 3.17. The summed E-state index contributed by atoms with van der Waals surface area (Å²) in [6, 6.07) is 13.1. The highest BCUT2D eigenvalue weighted by Crippen LogP contribution is 2.28. The maximum Gasteiger partial charge on any atom is 0.146 e. The van der Waals surface area contributed by atoms with Gasteiger partial charge >= 0.3 is 0 Å². The number of rotatable bonds is 4. The second kappa shape index (κ2) is 6.06. The molecule has 0 bridgehead atoms. The van der Waals surface area contributed by atoms with Crippen LogP contribution in [0.3, 0.4) is 0 Å². The van der Waals surface area contributed by atoms with Crippen LogP contribution in [0, 0.1) is 12.7 Å². The van der Waals surface area contributed by atoms with E-state index in [1.54, 1.807) is 6.07 Å². The molecule has 0 radical (unpaired) electrons. The highest BCUT2D eigenvalue weighted by Gasteiger charge is 2.15. The van der Waals surface area contributed by atoms with Crippen molar-refractivity contribution in [1.82, 2.24) is 0 Å². The molecule has 20 heavy (non-hydrogen) atoms. The van der Waals surface area contributed by atoms with E-state index in [-0.39, 0.29) is 11.9 Å². The number of halogens is 1. The molecule has 0 amide bonds. The minimum absolute atomic E-state index is 0.193. The van der Waals surface area contributed by atoms with Crippen LogP contribution in [0.15, 0.2) is 42.5 Å². The lowest BCUT2D eigenvalue weighted by molar-refractivity contribution is 0.616. The molecule has 0 aliphatic carbocycles. The predicted molar refractivity (Wildman–Crippen MR) is 82.3 cm³/mol. The highest BCUT2D eigenvalue weighted by molar-refractivity contribution is 5.55. The van der Waals surface area contributed by atoms with E-state index in [1.807, 2.05) is 24.9 Å². The number of nitrogens with two attached hydrogens (primary N) is 1. The SMILES string of the molecule is Cc1ccc(CN(C)c2c(F)cccc2[C@H](C)N)cc1. The lowest BCUT2D eigenvalue weighted by Gasteiger charge is -2.24.